The van der Waals surface area contributed by atoms with E-state index in [-0.39, 0.29) is 35.4 Å². The molecule has 26 heavy (non-hydrogen) atoms. The monoisotopic (exact) mass is 442 g/mol. The summed E-state index contributed by atoms with van der Waals surface area (Å²) in [5, 5.41) is 0. The number of rotatable bonds is 4. The molecule has 2 aromatic rings. The maximum Gasteiger partial charge on any atom is 0.289 e. The van der Waals surface area contributed by atoms with Crippen molar-refractivity contribution in [3.8, 4) is 5.75 Å². The van der Waals surface area contributed by atoms with Crippen molar-refractivity contribution in [2.24, 2.45) is 0 Å². The lowest BCUT2D eigenvalue weighted by atomic mass is 10.3. The highest BCUT2D eigenvalue weighted by Gasteiger charge is 2.33. The van der Waals surface area contributed by atoms with Crippen molar-refractivity contribution in [1.82, 2.24) is 9.21 Å². The van der Waals surface area contributed by atoms with Gasteiger partial charge in [-0.3, -0.25) is 4.79 Å². The second kappa shape index (κ2) is 7.42. The van der Waals surface area contributed by atoms with Crippen molar-refractivity contribution < 1.29 is 22.4 Å². The first-order chi connectivity index (χ1) is 12.3. The van der Waals surface area contributed by atoms with Crippen molar-refractivity contribution in [3.05, 3.63) is 46.3 Å². The third-order valence-corrected chi connectivity index (χ3v) is 6.63. The molecular weight excluding hydrogens is 424 g/mol. The van der Waals surface area contributed by atoms with E-state index in [1.54, 1.807) is 36.1 Å². The number of amides is 1. The number of halogens is 1. The Morgan fingerprint density at radius 2 is 1.85 bits per heavy atom. The third kappa shape index (κ3) is 3.65. The number of carbonyl (C=O) groups is 1. The van der Waals surface area contributed by atoms with Crippen LogP contribution in [0.2, 0.25) is 0 Å². The van der Waals surface area contributed by atoms with Crippen molar-refractivity contribution in [3.63, 3.8) is 0 Å². The van der Waals surface area contributed by atoms with Gasteiger partial charge in [-0.2, -0.15) is 4.31 Å². The Morgan fingerprint density at radius 1 is 1.15 bits per heavy atom. The molecule has 1 fully saturated rings. The second-order valence-corrected chi connectivity index (χ2v) is 8.72. The zero-order valence-electron chi connectivity index (χ0n) is 14.4. The summed E-state index contributed by atoms with van der Waals surface area (Å²) < 4.78 is 38.5. The van der Waals surface area contributed by atoms with Crippen molar-refractivity contribution >= 4 is 31.9 Å². The number of furan rings is 1. The highest BCUT2D eigenvalue weighted by Crippen LogP contribution is 2.30. The Hall–Kier alpha value is -1.84. The Labute approximate surface area is 160 Å². The molecule has 0 unspecified atom stereocenters. The molecule has 0 saturated carbocycles. The van der Waals surface area contributed by atoms with Crippen molar-refractivity contribution in [1.29, 1.82) is 0 Å². The smallest absolute Gasteiger partial charge is 0.289 e. The van der Waals surface area contributed by atoms with Gasteiger partial charge in [-0.05, 0) is 37.3 Å². The van der Waals surface area contributed by atoms with Crippen molar-refractivity contribution in [2.75, 3.05) is 33.3 Å². The lowest BCUT2D eigenvalue weighted by molar-refractivity contribution is 0.0664. The van der Waals surface area contributed by atoms with Crippen LogP contribution in [0, 0.1) is 6.92 Å². The molecule has 140 valence electrons. The largest absolute Gasteiger partial charge is 0.495 e. The molecule has 9 heteroatoms. The minimum atomic E-state index is -3.72. The molecule has 1 saturated heterocycles. The van der Waals surface area contributed by atoms with E-state index in [9.17, 15) is 13.2 Å². The number of aryl methyl sites for hydroxylation is 1. The highest BCUT2D eigenvalue weighted by atomic mass is 79.9. The van der Waals surface area contributed by atoms with Gasteiger partial charge in [-0.15, -0.1) is 0 Å². The predicted octanol–water partition coefficient (Wildman–Crippen LogP) is 2.51. The lowest BCUT2D eigenvalue weighted by Crippen LogP contribution is -2.50. The van der Waals surface area contributed by atoms with Gasteiger partial charge in [-0.1, -0.05) is 15.9 Å². The minimum Gasteiger partial charge on any atom is -0.495 e. The molecule has 1 aliphatic heterocycles. The van der Waals surface area contributed by atoms with Crippen LogP contribution in [0.5, 0.6) is 5.75 Å². The number of sulfonamides is 1. The number of ether oxygens (including phenoxy) is 1. The molecule has 0 bridgehead atoms. The van der Waals surface area contributed by atoms with Crippen molar-refractivity contribution in [2.45, 2.75) is 11.8 Å². The molecule has 1 aliphatic rings. The Bertz CT molecular complexity index is 917. The lowest BCUT2D eigenvalue weighted by Gasteiger charge is -2.33. The predicted molar refractivity (Wildman–Crippen MR) is 98.8 cm³/mol. The summed E-state index contributed by atoms with van der Waals surface area (Å²) in [6, 6.07) is 8.22. The van der Waals surface area contributed by atoms with Crippen LogP contribution in [0.15, 0.2) is 44.1 Å². The third-order valence-electron chi connectivity index (χ3n) is 4.22. The number of carbonyl (C=O) groups excluding carboxylic acids is 1. The number of hydrogen-bond acceptors (Lipinski definition) is 5. The van der Waals surface area contributed by atoms with E-state index >= 15 is 0 Å². The molecule has 0 atom stereocenters. The van der Waals surface area contributed by atoms with Crippen LogP contribution in [0.25, 0.3) is 0 Å². The summed E-state index contributed by atoms with van der Waals surface area (Å²) in [5.74, 6) is 0.997. The highest BCUT2D eigenvalue weighted by molar-refractivity contribution is 9.10. The van der Waals surface area contributed by atoms with Gasteiger partial charge in [0.25, 0.3) is 5.91 Å². The number of nitrogens with zero attached hydrogens (tertiary/aromatic N) is 2. The standard InChI is InChI=1S/C17H19BrN2O5S/c1-12-3-5-15(25-12)17(21)19-7-9-20(10-8-19)26(22,23)16-11-13(18)4-6-14(16)24-2/h3-6,11H,7-10H2,1-2H3. The maximum absolute atomic E-state index is 13.0. The van der Waals surface area contributed by atoms with E-state index in [0.29, 0.717) is 23.3 Å². The summed E-state index contributed by atoms with van der Waals surface area (Å²) >= 11 is 3.30. The van der Waals surface area contributed by atoms with E-state index < -0.39 is 10.0 Å². The Balaban J connectivity index is 1.75. The molecule has 0 aliphatic carbocycles. The first-order valence-corrected chi connectivity index (χ1v) is 10.3. The average molecular weight is 443 g/mol. The zero-order chi connectivity index (χ0) is 18.9. The molecule has 1 aromatic heterocycles. The summed E-state index contributed by atoms with van der Waals surface area (Å²) in [4.78, 5) is 14.1. The summed E-state index contributed by atoms with van der Waals surface area (Å²) in [7, 11) is -2.29. The quantitative estimate of drug-likeness (QED) is 0.726. The molecule has 2 heterocycles. The Morgan fingerprint density at radius 3 is 2.42 bits per heavy atom. The zero-order valence-corrected chi connectivity index (χ0v) is 16.8. The van der Waals surface area contributed by atoms with Crippen LogP contribution >= 0.6 is 15.9 Å². The minimum absolute atomic E-state index is 0.107. The van der Waals surface area contributed by atoms with Gasteiger partial charge in [0.1, 0.15) is 16.4 Å². The first-order valence-electron chi connectivity index (χ1n) is 8.02. The van der Waals surface area contributed by atoms with E-state index in [4.69, 9.17) is 9.15 Å². The maximum atomic E-state index is 13.0. The summed E-state index contributed by atoms with van der Waals surface area (Å²) in [6.45, 7) is 2.79. The molecular formula is C17H19BrN2O5S. The van der Waals surface area contributed by atoms with Crippen LogP contribution < -0.4 is 4.74 Å². The van der Waals surface area contributed by atoms with Crippen LogP contribution in [0.1, 0.15) is 16.3 Å². The second-order valence-electron chi connectivity index (χ2n) is 5.90. The summed E-state index contributed by atoms with van der Waals surface area (Å²) in [5.41, 5.74) is 0. The number of methoxy groups -OCH3 is 1. The molecule has 0 spiro atoms. The number of benzene rings is 1. The molecule has 7 nitrogen and oxygen atoms in total. The summed E-state index contributed by atoms with van der Waals surface area (Å²) in [6.07, 6.45) is 0. The number of piperazine rings is 1. The molecule has 1 aromatic carbocycles. The van der Waals surface area contributed by atoms with E-state index in [1.165, 1.54) is 17.5 Å². The molecule has 0 N–H and O–H groups in total. The molecule has 1 amide bonds. The fourth-order valence-electron chi connectivity index (χ4n) is 2.83. The van der Waals surface area contributed by atoms with Gasteiger partial charge in [0.05, 0.1) is 7.11 Å². The van der Waals surface area contributed by atoms with Gasteiger partial charge in [-0.25, -0.2) is 8.42 Å². The van der Waals surface area contributed by atoms with Crippen LogP contribution in [-0.4, -0.2) is 56.8 Å². The van der Waals surface area contributed by atoms with E-state index in [0.717, 1.165) is 0 Å². The van der Waals surface area contributed by atoms with Gasteiger partial charge in [0.15, 0.2) is 5.76 Å². The van der Waals surface area contributed by atoms with Gasteiger partial charge in [0, 0.05) is 30.7 Å². The fourth-order valence-corrected chi connectivity index (χ4v) is 4.94. The van der Waals surface area contributed by atoms with Crippen LogP contribution in [0.4, 0.5) is 0 Å². The van der Waals surface area contributed by atoms with Gasteiger partial charge < -0.3 is 14.1 Å². The number of hydrogen-bond donors (Lipinski definition) is 0. The SMILES string of the molecule is COc1ccc(Br)cc1S(=O)(=O)N1CCN(C(=O)c2ccc(C)o2)CC1. The first kappa shape index (κ1) is 18.9. The van der Waals surface area contributed by atoms with E-state index in [1.807, 2.05) is 0 Å². The molecule has 0 radical (unpaired) electrons. The normalized spacial score (nSPS) is 15.9. The van der Waals surface area contributed by atoms with Crippen LogP contribution in [0.3, 0.4) is 0 Å². The molecule has 3 rings (SSSR count). The topological polar surface area (TPSA) is 80.1 Å². The van der Waals surface area contributed by atoms with Gasteiger partial charge in [0.2, 0.25) is 10.0 Å². The van der Waals surface area contributed by atoms with Crippen LogP contribution in [-0.2, 0) is 10.0 Å². The fraction of sp³-hybridized carbons (Fsp3) is 0.353. The van der Waals surface area contributed by atoms with Gasteiger partial charge >= 0.3 is 0 Å². The van der Waals surface area contributed by atoms with E-state index in [2.05, 4.69) is 15.9 Å². The average Bonchev–Trinajstić information content (AvgIpc) is 3.07. The Kier molecular flexibility index (Phi) is 5.40.